The molecule has 0 aliphatic carbocycles. The molecule has 0 saturated heterocycles. The molecular formula is C16H25NO. The molecule has 0 saturated carbocycles. The summed E-state index contributed by atoms with van der Waals surface area (Å²) in [5, 5.41) is 0. The maximum absolute atomic E-state index is 12.1. The molecule has 1 unspecified atom stereocenters. The second-order valence-corrected chi connectivity index (χ2v) is 5.41. The molecule has 2 nitrogen and oxygen atoms in total. The molecule has 0 amide bonds. The first kappa shape index (κ1) is 14.9. The summed E-state index contributed by atoms with van der Waals surface area (Å²) in [6.45, 7) is 7.05. The lowest BCUT2D eigenvalue weighted by Crippen LogP contribution is -2.20. The van der Waals surface area contributed by atoms with E-state index in [2.05, 4.69) is 20.8 Å². The van der Waals surface area contributed by atoms with Gasteiger partial charge in [-0.1, -0.05) is 45.0 Å². The zero-order chi connectivity index (χ0) is 13.5. The zero-order valence-corrected chi connectivity index (χ0v) is 11.8. The number of aryl methyl sites for hydroxylation is 1. The lowest BCUT2D eigenvalue weighted by Gasteiger charge is -2.16. The molecule has 0 fully saturated rings. The SMILES string of the molecule is CCc1ccc(C(=O)CC(CN)CC(C)C)cc1. The predicted molar refractivity (Wildman–Crippen MR) is 76.8 cm³/mol. The second-order valence-electron chi connectivity index (χ2n) is 5.41. The van der Waals surface area contributed by atoms with Gasteiger partial charge in [0.25, 0.3) is 0 Å². The molecule has 1 aromatic carbocycles. The van der Waals surface area contributed by atoms with Crippen LogP contribution in [0.15, 0.2) is 24.3 Å². The summed E-state index contributed by atoms with van der Waals surface area (Å²) in [4.78, 5) is 12.1. The molecule has 18 heavy (non-hydrogen) atoms. The van der Waals surface area contributed by atoms with Crippen molar-refractivity contribution in [1.82, 2.24) is 0 Å². The molecule has 0 bridgehead atoms. The molecule has 0 radical (unpaired) electrons. The average Bonchev–Trinajstić information content (AvgIpc) is 2.37. The highest BCUT2D eigenvalue weighted by atomic mass is 16.1. The van der Waals surface area contributed by atoms with Gasteiger partial charge >= 0.3 is 0 Å². The molecule has 1 rings (SSSR count). The molecule has 0 aliphatic heterocycles. The summed E-state index contributed by atoms with van der Waals surface area (Å²) in [6.07, 6.45) is 2.60. The summed E-state index contributed by atoms with van der Waals surface area (Å²) in [5.74, 6) is 1.12. The predicted octanol–water partition coefficient (Wildman–Crippen LogP) is 3.44. The van der Waals surface area contributed by atoms with Crippen molar-refractivity contribution in [2.75, 3.05) is 6.54 Å². The third-order valence-electron chi connectivity index (χ3n) is 3.30. The van der Waals surface area contributed by atoms with E-state index in [1.165, 1.54) is 5.56 Å². The van der Waals surface area contributed by atoms with E-state index in [9.17, 15) is 4.79 Å². The van der Waals surface area contributed by atoms with Crippen LogP contribution < -0.4 is 5.73 Å². The van der Waals surface area contributed by atoms with Gasteiger partial charge < -0.3 is 5.73 Å². The van der Waals surface area contributed by atoms with E-state index >= 15 is 0 Å². The third kappa shape index (κ3) is 4.61. The first-order chi connectivity index (χ1) is 8.56. The Morgan fingerprint density at radius 3 is 2.28 bits per heavy atom. The fraction of sp³-hybridized carbons (Fsp3) is 0.562. The Morgan fingerprint density at radius 1 is 1.22 bits per heavy atom. The van der Waals surface area contributed by atoms with E-state index in [4.69, 9.17) is 5.73 Å². The maximum Gasteiger partial charge on any atom is 0.163 e. The molecule has 100 valence electrons. The largest absolute Gasteiger partial charge is 0.330 e. The van der Waals surface area contributed by atoms with Crippen LogP contribution in [0.5, 0.6) is 0 Å². The van der Waals surface area contributed by atoms with Crippen LogP contribution in [0, 0.1) is 11.8 Å². The topological polar surface area (TPSA) is 43.1 Å². The van der Waals surface area contributed by atoms with E-state index in [-0.39, 0.29) is 5.78 Å². The number of hydrogen-bond acceptors (Lipinski definition) is 2. The fourth-order valence-electron chi connectivity index (χ4n) is 2.24. The average molecular weight is 247 g/mol. The Hall–Kier alpha value is -1.15. The Morgan fingerprint density at radius 2 is 1.83 bits per heavy atom. The molecule has 1 aromatic rings. The number of hydrogen-bond donors (Lipinski definition) is 1. The number of carbonyl (C=O) groups is 1. The summed E-state index contributed by atoms with van der Waals surface area (Å²) < 4.78 is 0. The molecule has 0 aromatic heterocycles. The van der Waals surface area contributed by atoms with Crippen molar-refractivity contribution in [3.63, 3.8) is 0 Å². The number of ketones is 1. The first-order valence-corrected chi connectivity index (χ1v) is 6.89. The Bertz CT molecular complexity index is 367. The van der Waals surface area contributed by atoms with Gasteiger partial charge in [-0.2, -0.15) is 0 Å². The molecule has 2 N–H and O–H groups in total. The van der Waals surface area contributed by atoms with Crippen molar-refractivity contribution < 1.29 is 4.79 Å². The number of carbonyl (C=O) groups excluding carboxylic acids is 1. The first-order valence-electron chi connectivity index (χ1n) is 6.89. The van der Waals surface area contributed by atoms with Crippen LogP contribution in [0.4, 0.5) is 0 Å². The Kier molecular flexibility index (Phi) is 6.06. The van der Waals surface area contributed by atoms with E-state index in [0.717, 1.165) is 18.4 Å². The third-order valence-corrected chi connectivity index (χ3v) is 3.30. The van der Waals surface area contributed by atoms with Crippen LogP contribution in [0.1, 0.15) is 49.5 Å². The fourth-order valence-corrected chi connectivity index (χ4v) is 2.24. The van der Waals surface area contributed by atoms with Gasteiger partial charge in [0.05, 0.1) is 0 Å². The zero-order valence-electron chi connectivity index (χ0n) is 11.8. The summed E-state index contributed by atoms with van der Waals surface area (Å²) in [5.41, 5.74) is 7.82. The minimum Gasteiger partial charge on any atom is -0.330 e. The van der Waals surface area contributed by atoms with Crippen LogP contribution in [0.2, 0.25) is 0 Å². The highest BCUT2D eigenvalue weighted by molar-refractivity contribution is 5.96. The lowest BCUT2D eigenvalue weighted by molar-refractivity contribution is 0.0957. The van der Waals surface area contributed by atoms with E-state index < -0.39 is 0 Å². The van der Waals surface area contributed by atoms with Crippen molar-refractivity contribution in [3.8, 4) is 0 Å². The van der Waals surface area contributed by atoms with Gasteiger partial charge in [0.15, 0.2) is 5.78 Å². The highest BCUT2D eigenvalue weighted by Crippen LogP contribution is 2.17. The molecule has 0 heterocycles. The molecular weight excluding hydrogens is 222 g/mol. The van der Waals surface area contributed by atoms with Crippen LogP contribution in [0.25, 0.3) is 0 Å². The van der Waals surface area contributed by atoms with Crippen molar-refractivity contribution in [3.05, 3.63) is 35.4 Å². The van der Waals surface area contributed by atoms with E-state index in [1.54, 1.807) is 0 Å². The van der Waals surface area contributed by atoms with Gasteiger partial charge in [0, 0.05) is 12.0 Å². The number of Topliss-reactive ketones (excluding diaryl/α,β-unsaturated/α-hetero) is 1. The molecule has 2 heteroatoms. The number of rotatable bonds is 7. The van der Waals surface area contributed by atoms with E-state index in [1.807, 2.05) is 24.3 Å². The van der Waals surface area contributed by atoms with Gasteiger partial charge in [-0.15, -0.1) is 0 Å². The monoisotopic (exact) mass is 247 g/mol. The van der Waals surface area contributed by atoms with Crippen molar-refractivity contribution in [2.24, 2.45) is 17.6 Å². The normalized spacial score (nSPS) is 12.7. The van der Waals surface area contributed by atoms with Crippen LogP contribution >= 0.6 is 0 Å². The molecule has 0 spiro atoms. The van der Waals surface area contributed by atoms with Gasteiger partial charge in [-0.3, -0.25) is 4.79 Å². The minimum atomic E-state index is 0.216. The van der Waals surface area contributed by atoms with Gasteiger partial charge in [-0.05, 0) is 36.8 Å². The summed E-state index contributed by atoms with van der Waals surface area (Å²) in [7, 11) is 0. The Balaban J connectivity index is 2.62. The quantitative estimate of drug-likeness (QED) is 0.750. The van der Waals surface area contributed by atoms with Crippen LogP contribution in [0.3, 0.4) is 0 Å². The number of benzene rings is 1. The summed E-state index contributed by atoms with van der Waals surface area (Å²) in [6, 6.07) is 7.94. The molecule has 0 aliphatic rings. The second kappa shape index (κ2) is 7.32. The number of nitrogens with two attached hydrogens (primary N) is 1. The van der Waals surface area contributed by atoms with Gasteiger partial charge in [-0.25, -0.2) is 0 Å². The minimum absolute atomic E-state index is 0.216. The Labute approximate surface area is 111 Å². The standard InChI is InChI=1S/C16H25NO/c1-4-13-5-7-15(8-6-13)16(18)10-14(11-17)9-12(2)3/h5-8,12,14H,4,9-11,17H2,1-3H3. The molecule has 1 atom stereocenters. The van der Waals surface area contributed by atoms with E-state index in [0.29, 0.717) is 24.8 Å². The lowest BCUT2D eigenvalue weighted by atomic mass is 9.90. The summed E-state index contributed by atoms with van der Waals surface area (Å²) >= 11 is 0. The van der Waals surface area contributed by atoms with Gasteiger partial charge in [0.2, 0.25) is 0 Å². The smallest absolute Gasteiger partial charge is 0.163 e. The van der Waals surface area contributed by atoms with Crippen molar-refractivity contribution >= 4 is 5.78 Å². The van der Waals surface area contributed by atoms with Gasteiger partial charge in [0.1, 0.15) is 0 Å². The van der Waals surface area contributed by atoms with Crippen LogP contribution in [-0.4, -0.2) is 12.3 Å². The maximum atomic E-state index is 12.1. The highest BCUT2D eigenvalue weighted by Gasteiger charge is 2.15. The van der Waals surface area contributed by atoms with Crippen molar-refractivity contribution in [1.29, 1.82) is 0 Å². The van der Waals surface area contributed by atoms with Crippen LogP contribution in [-0.2, 0) is 6.42 Å². The van der Waals surface area contributed by atoms with Crippen molar-refractivity contribution in [2.45, 2.75) is 40.0 Å².